The Morgan fingerprint density at radius 1 is 0.867 bits per heavy atom. The number of nitrogens with one attached hydrogen (secondary N) is 1. The zero-order valence-corrected chi connectivity index (χ0v) is 19.3. The maximum absolute atomic E-state index is 12.8. The fraction of sp³-hybridized carbons (Fsp3) is 0.478. The summed E-state index contributed by atoms with van der Waals surface area (Å²) in [5.74, 6) is 0.674. The van der Waals surface area contributed by atoms with Crippen LogP contribution in [0.2, 0.25) is 10.0 Å². The molecule has 1 heterocycles. The van der Waals surface area contributed by atoms with Crippen molar-refractivity contribution >= 4 is 33.2 Å². The van der Waals surface area contributed by atoms with E-state index in [2.05, 4.69) is 21.8 Å². The maximum Gasteiger partial charge on any atom is 0.240 e. The van der Waals surface area contributed by atoms with Crippen molar-refractivity contribution < 1.29 is 8.42 Å². The standard InChI is InChI=1S/C23H28Cl2N2O2S/c24-19-6-4-17(5-7-19)16-18-12-14-27(15-13-18)23-3-1-2-22(23)26-30(28,29)21-10-8-20(25)9-11-21/h4-11,18,22-23,26H,1-3,12-16H2/t22-,23-/m1/s1. The van der Waals surface area contributed by atoms with Gasteiger partial charge < -0.3 is 0 Å². The van der Waals surface area contributed by atoms with Crippen molar-refractivity contribution in [3.63, 3.8) is 0 Å². The van der Waals surface area contributed by atoms with Crippen LogP contribution in [0.5, 0.6) is 0 Å². The molecule has 2 atom stereocenters. The van der Waals surface area contributed by atoms with E-state index in [1.807, 2.05) is 12.1 Å². The number of sulfonamides is 1. The van der Waals surface area contributed by atoms with E-state index in [9.17, 15) is 8.42 Å². The Morgan fingerprint density at radius 3 is 2.10 bits per heavy atom. The Labute approximate surface area is 189 Å². The topological polar surface area (TPSA) is 49.4 Å². The lowest BCUT2D eigenvalue weighted by Gasteiger charge is -2.38. The number of benzene rings is 2. The lowest BCUT2D eigenvalue weighted by atomic mass is 9.89. The third kappa shape index (κ3) is 5.38. The molecule has 0 bridgehead atoms. The molecule has 4 nitrogen and oxygen atoms in total. The van der Waals surface area contributed by atoms with Crippen LogP contribution in [0.1, 0.15) is 37.7 Å². The molecule has 1 saturated carbocycles. The fourth-order valence-electron chi connectivity index (χ4n) is 4.84. The van der Waals surface area contributed by atoms with Crippen LogP contribution in [0.3, 0.4) is 0 Å². The van der Waals surface area contributed by atoms with Crippen molar-refractivity contribution in [1.29, 1.82) is 0 Å². The number of halogens is 2. The van der Waals surface area contributed by atoms with Crippen molar-refractivity contribution in [3.05, 3.63) is 64.1 Å². The Morgan fingerprint density at radius 2 is 1.47 bits per heavy atom. The second-order valence-electron chi connectivity index (χ2n) is 8.49. The summed E-state index contributed by atoms with van der Waals surface area (Å²) in [6.45, 7) is 2.06. The predicted molar refractivity (Wildman–Crippen MR) is 123 cm³/mol. The highest BCUT2D eigenvalue weighted by Gasteiger charge is 2.36. The van der Waals surface area contributed by atoms with Crippen molar-refractivity contribution in [2.45, 2.75) is 55.5 Å². The molecule has 2 aromatic rings. The van der Waals surface area contributed by atoms with Gasteiger partial charge in [0.2, 0.25) is 10.0 Å². The highest BCUT2D eigenvalue weighted by molar-refractivity contribution is 7.89. The van der Waals surface area contributed by atoms with Crippen molar-refractivity contribution in [2.24, 2.45) is 5.92 Å². The Balaban J connectivity index is 1.34. The summed E-state index contributed by atoms with van der Waals surface area (Å²) < 4.78 is 28.6. The second-order valence-corrected chi connectivity index (χ2v) is 11.1. The van der Waals surface area contributed by atoms with E-state index < -0.39 is 10.0 Å². The summed E-state index contributed by atoms with van der Waals surface area (Å²) >= 11 is 11.9. The van der Waals surface area contributed by atoms with Gasteiger partial charge in [-0.2, -0.15) is 0 Å². The lowest BCUT2D eigenvalue weighted by molar-refractivity contribution is 0.122. The second kappa shape index (κ2) is 9.58. The summed E-state index contributed by atoms with van der Waals surface area (Å²) in [5, 5.41) is 1.32. The first-order chi connectivity index (χ1) is 14.4. The average Bonchev–Trinajstić information content (AvgIpc) is 3.18. The number of piperidine rings is 1. The Bertz CT molecular complexity index is 940. The molecule has 1 aliphatic carbocycles. The van der Waals surface area contributed by atoms with E-state index >= 15 is 0 Å². The zero-order chi connectivity index (χ0) is 21.1. The van der Waals surface area contributed by atoms with Gasteiger partial charge in [-0.25, -0.2) is 13.1 Å². The Kier molecular flexibility index (Phi) is 7.05. The molecule has 1 saturated heterocycles. The summed E-state index contributed by atoms with van der Waals surface area (Å²) in [6, 6.07) is 14.8. The summed E-state index contributed by atoms with van der Waals surface area (Å²) in [6.07, 6.45) is 6.38. The van der Waals surface area contributed by atoms with Gasteiger partial charge in [0, 0.05) is 22.1 Å². The maximum atomic E-state index is 12.8. The van der Waals surface area contributed by atoms with Gasteiger partial charge in [0.1, 0.15) is 0 Å². The summed E-state index contributed by atoms with van der Waals surface area (Å²) in [5.41, 5.74) is 1.34. The van der Waals surface area contributed by atoms with Crippen molar-refractivity contribution in [1.82, 2.24) is 9.62 Å². The minimum Gasteiger partial charge on any atom is -0.299 e. The normalized spacial score (nSPS) is 23.7. The summed E-state index contributed by atoms with van der Waals surface area (Å²) in [4.78, 5) is 2.78. The van der Waals surface area contributed by atoms with Gasteiger partial charge in [-0.1, -0.05) is 41.8 Å². The van der Waals surface area contributed by atoms with Crippen LogP contribution in [0, 0.1) is 5.92 Å². The molecule has 2 aromatic carbocycles. The molecule has 0 aromatic heterocycles. The third-order valence-corrected chi connectivity index (χ3v) is 8.48. The molecule has 4 rings (SSSR count). The molecule has 2 aliphatic rings. The molecule has 162 valence electrons. The van der Waals surface area contributed by atoms with E-state index in [0.29, 0.717) is 10.9 Å². The number of likely N-dealkylation sites (tertiary alicyclic amines) is 1. The van der Waals surface area contributed by atoms with Crippen LogP contribution in [-0.4, -0.2) is 38.5 Å². The van der Waals surface area contributed by atoms with Crippen LogP contribution in [0.15, 0.2) is 53.4 Å². The van der Waals surface area contributed by atoms with Gasteiger partial charge in [-0.15, -0.1) is 0 Å². The molecule has 2 fully saturated rings. The highest BCUT2D eigenvalue weighted by Crippen LogP contribution is 2.31. The largest absolute Gasteiger partial charge is 0.299 e. The monoisotopic (exact) mass is 466 g/mol. The molecule has 1 aliphatic heterocycles. The van der Waals surface area contributed by atoms with E-state index in [4.69, 9.17) is 23.2 Å². The van der Waals surface area contributed by atoms with Crippen LogP contribution >= 0.6 is 23.2 Å². The van der Waals surface area contributed by atoms with Gasteiger partial charge in [-0.3, -0.25) is 4.90 Å². The quantitative estimate of drug-likeness (QED) is 0.640. The average molecular weight is 467 g/mol. The number of rotatable bonds is 6. The number of hydrogen-bond acceptors (Lipinski definition) is 3. The zero-order valence-electron chi connectivity index (χ0n) is 16.9. The van der Waals surface area contributed by atoms with Crippen molar-refractivity contribution in [3.8, 4) is 0 Å². The summed E-state index contributed by atoms with van der Waals surface area (Å²) in [7, 11) is -3.53. The lowest BCUT2D eigenvalue weighted by Crippen LogP contribution is -2.51. The van der Waals surface area contributed by atoms with Crippen molar-refractivity contribution in [2.75, 3.05) is 13.1 Å². The van der Waals surface area contributed by atoms with Crippen LogP contribution in [-0.2, 0) is 16.4 Å². The molecule has 0 unspecified atom stereocenters. The molecule has 0 radical (unpaired) electrons. The number of hydrogen-bond donors (Lipinski definition) is 1. The molecule has 1 N–H and O–H groups in total. The first-order valence-electron chi connectivity index (χ1n) is 10.7. The smallest absolute Gasteiger partial charge is 0.240 e. The minimum absolute atomic E-state index is 0.0292. The van der Waals surface area contributed by atoms with E-state index in [1.165, 1.54) is 5.56 Å². The molecule has 0 amide bonds. The molecule has 30 heavy (non-hydrogen) atoms. The van der Waals surface area contributed by atoms with Crippen LogP contribution in [0.25, 0.3) is 0 Å². The first-order valence-corrected chi connectivity index (χ1v) is 12.9. The first kappa shape index (κ1) is 22.1. The van der Waals surface area contributed by atoms with Gasteiger partial charge in [0.15, 0.2) is 0 Å². The van der Waals surface area contributed by atoms with Crippen LogP contribution < -0.4 is 4.72 Å². The molecular weight excluding hydrogens is 439 g/mol. The SMILES string of the molecule is O=S(=O)(N[C@@H]1CCC[C@H]1N1CCC(Cc2ccc(Cl)cc2)CC1)c1ccc(Cl)cc1. The number of nitrogens with zero attached hydrogens (tertiary/aromatic N) is 1. The fourth-order valence-corrected chi connectivity index (χ4v) is 6.39. The predicted octanol–water partition coefficient (Wildman–Crippen LogP) is 5.15. The molecule has 0 spiro atoms. The van der Waals surface area contributed by atoms with E-state index in [-0.39, 0.29) is 17.0 Å². The van der Waals surface area contributed by atoms with Gasteiger partial charge in [0.25, 0.3) is 0 Å². The highest BCUT2D eigenvalue weighted by atomic mass is 35.5. The van der Waals surface area contributed by atoms with Gasteiger partial charge in [0.05, 0.1) is 4.90 Å². The van der Waals surface area contributed by atoms with E-state index in [1.54, 1.807) is 24.3 Å². The van der Waals surface area contributed by atoms with Gasteiger partial charge in [-0.05, 0) is 93.1 Å². The van der Waals surface area contributed by atoms with Crippen LogP contribution in [0.4, 0.5) is 0 Å². The minimum atomic E-state index is -3.53. The molecule has 7 heteroatoms. The third-order valence-electron chi connectivity index (χ3n) is 6.47. The molecular formula is C23H28Cl2N2O2S. The Hall–Kier alpha value is -1.11. The van der Waals surface area contributed by atoms with Gasteiger partial charge >= 0.3 is 0 Å². The van der Waals surface area contributed by atoms with E-state index in [0.717, 1.165) is 56.6 Å².